The number of carbonyl (C=O) groups is 2. The first kappa shape index (κ1) is 7.01. The molecule has 2 atom stereocenters. The van der Waals surface area contributed by atoms with Gasteiger partial charge in [0, 0.05) is 0 Å². The second-order valence-electron chi connectivity index (χ2n) is 2.03. The van der Waals surface area contributed by atoms with Crippen molar-refractivity contribution in [2.24, 2.45) is 0 Å². The van der Waals surface area contributed by atoms with E-state index in [1.807, 2.05) is 0 Å². The van der Waals surface area contributed by atoms with Gasteiger partial charge in [-0.15, -0.1) is 0 Å². The van der Waals surface area contributed by atoms with Crippen molar-refractivity contribution in [2.75, 3.05) is 0 Å². The Bertz CT molecular complexity index is 175. The highest BCUT2D eigenvalue weighted by Crippen LogP contribution is 2.24. The quantitative estimate of drug-likeness (QED) is 0.514. The van der Waals surface area contributed by atoms with Crippen LogP contribution in [0.5, 0.6) is 0 Å². The molecule has 1 heterocycles. The van der Waals surface area contributed by atoms with E-state index in [1.165, 1.54) is 0 Å². The minimum atomic E-state index is -1.09. The topological polar surface area (TPSA) is 87.1 Å². The Morgan fingerprint density at radius 1 is 1.40 bits per heavy atom. The number of hydrogen-bond donors (Lipinski definition) is 2. The van der Waals surface area contributed by atoms with E-state index in [-0.39, 0.29) is 6.42 Å². The molecule has 2 unspecified atom stereocenters. The Morgan fingerprint density at radius 3 is 2.30 bits per heavy atom. The highest BCUT2D eigenvalue weighted by molar-refractivity contribution is 5.78. The Labute approximate surface area is 56.2 Å². The lowest BCUT2D eigenvalue weighted by atomic mass is 10.2. The molecular weight excluding hydrogens is 140 g/mol. The lowest BCUT2D eigenvalue weighted by Gasteiger charge is -1.83. The van der Waals surface area contributed by atoms with E-state index in [0.717, 1.165) is 0 Å². The van der Waals surface area contributed by atoms with Gasteiger partial charge in [-0.2, -0.15) is 0 Å². The van der Waals surface area contributed by atoms with Crippen molar-refractivity contribution < 1.29 is 24.5 Å². The smallest absolute Gasteiger partial charge is 0.335 e. The van der Waals surface area contributed by atoms with E-state index in [4.69, 9.17) is 10.2 Å². The highest BCUT2D eigenvalue weighted by Gasteiger charge is 2.46. The van der Waals surface area contributed by atoms with E-state index in [2.05, 4.69) is 4.74 Å². The zero-order valence-corrected chi connectivity index (χ0v) is 4.98. The third-order valence-electron chi connectivity index (χ3n) is 1.20. The van der Waals surface area contributed by atoms with Gasteiger partial charge in [0.1, 0.15) is 6.10 Å². The van der Waals surface area contributed by atoms with Crippen LogP contribution in [0.15, 0.2) is 0 Å². The fourth-order valence-electron chi connectivity index (χ4n) is 0.687. The van der Waals surface area contributed by atoms with E-state index < -0.39 is 24.1 Å². The van der Waals surface area contributed by atoms with Crippen LogP contribution in [0.25, 0.3) is 0 Å². The molecule has 0 spiro atoms. The summed E-state index contributed by atoms with van der Waals surface area (Å²) in [4.78, 5) is 20.0. The minimum absolute atomic E-state index is 0.225. The number of ether oxygens (including phenoxy) is 1. The molecule has 0 aromatic carbocycles. The predicted octanol–water partition coefficient (Wildman–Crippen LogP) is -0.687. The van der Waals surface area contributed by atoms with Gasteiger partial charge < -0.3 is 14.9 Å². The van der Waals surface area contributed by atoms with Crippen LogP contribution in [0, 0.1) is 0 Å². The summed E-state index contributed by atoms with van der Waals surface area (Å²) in [5.41, 5.74) is 0. The third-order valence-corrected chi connectivity index (χ3v) is 1.20. The molecule has 1 fully saturated rings. The Balaban J connectivity index is 2.26. The Kier molecular flexibility index (Phi) is 1.58. The van der Waals surface area contributed by atoms with Crippen molar-refractivity contribution >= 4 is 11.9 Å². The molecule has 0 aromatic heterocycles. The predicted molar refractivity (Wildman–Crippen MR) is 28.5 cm³/mol. The highest BCUT2D eigenvalue weighted by atomic mass is 16.6. The molecule has 0 aliphatic carbocycles. The van der Waals surface area contributed by atoms with Gasteiger partial charge in [-0.1, -0.05) is 0 Å². The zero-order valence-electron chi connectivity index (χ0n) is 4.98. The maximum absolute atomic E-state index is 10.0. The van der Waals surface area contributed by atoms with Crippen molar-refractivity contribution in [3.05, 3.63) is 0 Å². The maximum Gasteiger partial charge on any atom is 0.335 e. The molecule has 0 radical (unpaired) electrons. The molecular formula is C5H6O5. The van der Waals surface area contributed by atoms with Gasteiger partial charge in [-0.25, -0.2) is 4.79 Å². The first-order valence-electron chi connectivity index (χ1n) is 2.71. The van der Waals surface area contributed by atoms with Crippen LogP contribution >= 0.6 is 0 Å². The summed E-state index contributed by atoms with van der Waals surface area (Å²) < 4.78 is 4.51. The first-order chi connectivity index (χ1) is 4.61. The molecule has 1 aliphatic rings. The van der Waals surface area contributed by atoms with Gasteiger partial charge in [0.2, 0.25) is 0 Å². The van der Waals surface area contributed by atoms with Crippen molar-refractivity contribution in [1.82, 2.24) is 0 Å². The molecule has 2 N–H and O–H groups in total. The van der Waals surface area contributed by atoms with Crippen LogP contribution in [0.2, 0.25) is 0 Å². The normalized spacial score (nSPS) is 29.6. The number of carboxylic acids is 2. The lowest BCUT2D eigenvalue weighted by Crippen LogP contribution is -2.10. The first-order valence-corrected chi connectivity index (χ1v) is 2.71. The molecule has 56 valence electrons. The van der Waals surface area contributed by atoms with Crippen LogP contribution in [-0.4, -0.2) is 34.4 Å². The molecule has 1 saturated heterocycles. The van der Waals surface area contributed by atoms with Crippen LogP contribution in [0.1, 0.15) is 6.42 Å². The van der Waals surface area contributed by atoms with Gasteiger partial charge in [0.15, 0.2) is 6.10 Å². The number of hydrogen-bond acceptors (Lipinski definition) is 3. The molecule has 0 bridgehead atoms. The summed E-state index contributed by atoms with van der Waals surface area (Å²) in [6.07, 6.45) is -1.73. The molecule has 0 aromatic rings. The number of carboxylic acid groups (broad SMARTS) is 2. The van der Waals surface area contributed by atoms with E-state index in [9.17, 15) is 9.59 Å². The second kappa shape index (κ2) is 2.26. The lowest BCUT2D eigenvalue weighted by molar-refractivity contribution is -0.138. The SMILES string of the molecule is O=C(O)CC1OC1C(=O)O. The van der Waals surface area contributed by atoms with E-state index in [1.54, 1.807) is 0 Å². The molecule has 5 heteroatoms. The van der Waals surface area contributed by atoms with Gasteiger partial charge >= 0.3 is 11.9 Å². The van der Waals surface area contributed by atoms with Crippen LogP contribution in [0.3, 0.4) is 0 Å². The summed E-state index contributed by atoms with van der Waals surface area (Å²) in [7, 11) is 0. The van der Waals surface area contributed by atoms with Gasteiger partial charge in [0.25, 0.3) is 0 Å². The van der Waals surface area contributed by atoms with Gasteiger partial charge in [-0.05, 0) is 0 Å². The molecule has 1 rings (SSSR count). The zero-order chi connectivity index (χ0) is 7.72. The Hall–Kier alpha value is -1.10. The van der Waals surface area contributed by atoms with Crippen LogP contribution in [0.4, 0.5) is 0 Å². The van der Waals surface area contributed by atoms with E-state index in [0.29, 0.717) is 0 Å². The fourth-order valence-corrected chi connectivity index (χ4v) is 0.687. The molecule has 0 amide bonds. The van der Waals surface area contributed by atoms with Crippen molar-refractivity contribution in [2.45, 2.75) is 18.6 Å². The van der Waals surface area contributed by atoms with Crippen molar-refractivity contribution in [1.29, 1.82) is 0 Å². The molecule has 10 heavy (non-hydrogen) atoms. The maximum atomic E-state index is 10.0. The third kappa shape index (κ3) is 1.44. The Morgan fingerprint density at radius 2 is 2.00 bits per heavy atom. The number of aliphatic carboxylic acids is 2. The summed E-state index contributed by atoms with van der Waals surface area (Å²) >= 11 is 0. The number of rotatable bonds is 3. The summed E-state index contributed by atoms with van der Waals surface area (Å²) in [5.74, 6) is -2.12. The average Bonchev–Trinajstić information content (AvgIpc) is 2.43. The van der Waals surface area contributed by atoms with E-state index >= 15 is 0 Å². The summed E-state index contributed by atoms with van der Waals surface area (Å²) in [6, 6.07) is 0. The number of epoxide rings is 1. The molecule has 0 saturated carbocycles. The second-order valence-corrected chi connectivity index (χ2v) is 2.03. The van der Waals surface area contributed by atoms with Gasteiger partial charge in [-0.3, -0.25) is 4.79 Å². The van der Waals surface area contributed by atoms with Gasteiger partial charge in [0.05, 0.1) is 6.42 Å². The monoisotopic (exact) mass is 146 g/mol. The summed E-state index contributed by atoms with van der Waals surface area (Å²) in [5, 5.41) is 16.4. The van der Waals surface area contributed by atoms with Crippen LogP contribution < -0.4 is 0 Å². The largest absolute Gasteiger partial charge is 0.481 e. The van der Waals surface area contributed by atoms with Crippen molar-refractivity contribution in [3.8, 4) is 0 Å². The molecule has 5 nitrogen and oxygen atoms in total. The molecule has 1 aliphatic heterocycles. The minimum Gasteiger partial charge on any atom is -0.481 e. The standard InChI is InChI=1S/C5H6O5/c6-3(7)1-2-4(10-2)5(8)9/h2,4H,1H2,(H,6,7)(H,8,9). The van der Waals surface area contributed by atoms with Crippen molar-refractivity contribution in [3.63, 3.8) is 0 Å². The fraction of sp³-hybridized carbons (Fsp3) is 0.600. The average molecular weight is 146 g/mol. The summed E-state index contributed by atoms with van der Waals surface area (Å²) in [6.45, 7) is 0. The van der Waals surface area contributed by atoms with Crippen LogP contribution in [-0.2, 0) is 14.3 Å².